The number of unbranched alkanes of at least 4 members (excludes halogenated alkanes) is 4. The molecule has 0 aliphatic rings. The van der Waals surface area contributed by atoms with Gasteiger partial charge in [0.1, 0.15) is 5.82 Å². The van der Waals surface area contributed by atoms with Crippen molar-refractivity contribution in [2.24, 2.45) is 0 Å². The van der Waals surface area contributed by atoms with Gasteiger partial charge in [0.15, 0.2) is 0 Å². The fourth-order valence-corrected chi connectivity index (χ4v) is 3.06. The highest BCUT2D eigenvalue weighted by atomic mass is 35.5. The number of imidazole rings is 1. The van der Waals surface area contributed by atoms with Crippen molar-refractivity contribution in [3.8, 4) is 0 Å². The van der Waals surface area contributed by atoms with Crippen molar-refractivity contribution >= 4 is 35.6 Å². The molecule has 0 radical (unpaired) electrons. The third-order valence-electron chi connectivity index (χ3n) is 4.39. The lowest BCUT2D eigenvalue weighted by atomic mass is 10.1. The second kappa shape index (κ2) is 10.0. The number of hydrogen-bond acceptors (Lipinski definition) is 1. The fourth-order valence-electron chi connectivity index (χ4n) is 3.06. The zero-order valence-electron chi connectivity index (χ0n) is 14.9. The first-order chi connectivity index (χ1) is 11.9. The van der Waals surface area contributed by atoms with Crippen molar-refractivity contribution in [3.05, 3.63) is 66.0 Å². The summed E-state index contributed by atoms with van der Waals surface area (Å²) in [4.78, 5) is 4.82. The van der Waals surface area contributed by atoms with E-state index in [0.717, 1.165) is 17.9 Å². The standard InChI is InChI=1S/C22H26N2.ClH/c1-2-3-4-5-11-18-24-21-15-10-9-14-20(21)23-22(24)17-16-19-12-7-6-8-13-19;/h6-10,12-17H,2-5,11,18H2,1H3;1H/b17-16+;. The smallest absolute Gasteiger partial charge is 0.133 e. The highest BCUT2D eigenvalue weighted by Crippen LogP contribution is 2.19. The Labute approximate surface area is 157 Å². The van der Waals surface area contributed by atoms with E-state index >= 15 is 0 Å². The van der Waals surface area contributed by atoms with E-state index in [9.17, 15) is 0 Å². The lowest BCUT2D eigenvalue weighted by molar-refractivity contribution is 0.573. The number of benzene rings is 2. The minimum atomic E-state index is 0. The predicted octanol–water partition coefficient (Wildman–Crippen LogP) is 6.60. The molecule has 2 aromatic carbocycles. The Bertz CT molecular complexity index is 790. The molecular weight excluding hydrogens is 328 g/mol. The summed E-state index contributed by atoms with van der Waals surface area (Å²) >= 11 is 0. The van der Waals surface area contributed by atoms with Crippen LogP contribution in [0.15, 0.2) is 54.6 Å². The van der Waals surface area contributed by atoms with Gasteiger partial charge in [-0.1, -0.05) is 81.1 Å². The van der Waals surface area contributed by atoms with Gasteiger partial charge < -0.3 is 4.57 Å². The molecule has 3 heteroatoms. The zero-order chi connectivity index (χ0) is 16.6. The van der Waals surface area contributed by atoms with E-state index in [4.69, 9.17) is 4.98 Å². The first kappa shape index (κ1) is 19.3. The van der Waals surface area contributed by atoms with Crippen molar-refractivity contribution < 1.29 is 0 Å². The van der Waals surface area contributed by atoms with Crippen molar-refractivity contribution in [1.29, 1.82) is 0 Å². The van der Waals surface area contributed by atoms with Crippen LogP contribution in [0.25, 0.3) is 23.2 Å². The summed E-state index contributed by atoms with van der Waals surface area (Å²) in [5.74, 6) is 1.05. The number of fused-ring (bicyclic) bond motifs is 1. The van der Waals surface area contributed by atoms with Crippen molar-refractivity contribution in [1.82, 2.24) is 9.55 Å². The molecule has 0 spiro atoms. The van der Waals surface area contributed by atoms with Crippen LogP contribution < -0.4 is 0 Å². The Balaban J connectivity index is 0.00000225. The Hall–Kier alpha value is -2.06. The molecule has 132 valence electrons. The van der Waals surface area contributed by atoms with E-state index in [2.05, 4.69) is 72.2 Å². The van der Waals surface area contributed by atoms with Crippen LogP contribution in [0.1, 0.15) is 50.4 Å². The van der Waals surface area contributed by atoms with E-state index in [1.807, 2.05) is 6.07 Å². The van der Waals surface area contributed by atoms with Gasteiger partial charge in [0, 0.05) is 6.54 Å². The molecule has 0 aliphatic heterocycles. The molecule has 0 bridgehead atoms. The third kappa shape index (κ3) is 5.20. The van der Waals surface area contributed by atoms with E-state index in [-0.39, 0.29) is 12.4 Å². The minimum absolute atomic E-state index is 0. The minimum Gasteiger partial charge on any atom is -0.324 e. The maximum absolute atomic E-state index is 4.82. The van der Waals surface area contributed by atoms with Gasteiger partial charge in [-0.2, -0.15) is 0 Å². The molecule has 0 atom stereocenters. The van der Waals surface area contributed by atoms with Gasteiger partial charge in [-0.05, 0) is 30.2 Å². The maximum Gasteiger partial charge on any atom is 0.133 e. The molecule has 25 heavy (non-hydrogen) atoms. The summed E-state index contributed by atoms with van der Waals surface area (Å²) in [5.41, 5.74) is 3.53. The molecule has 0 saturated carbocycles. The van der Waals surface area contributed by atoms with Crippen LogP contribution in [0.2, 0.25) is 0 Å². The fraction of sp³-hybridized carbons (Fsp3) is 0.318. The van der Waals surface area contributed by atoms with E-state index in [1.54, 1.807) is 0 Å². The number of rotatable bonds is 8. The number of aromatic nitrogens is 2. The second-order valence-electron chi connectivity index (χ2n) is 6.27. The topological polar surface area (TPSA) is 17.8 Å². The Morgan fingerprint density at radius 3 is 2.36 bits per heavy atom. The number of para-hydroxylation sites is 2. The van der Waals surface area contributed by atoms with E-state index in [1.165, 1.54) is 43.2 Å². The van der Waals surface area contributed by atoms with Crippen LogP contribution in [-0.4, -0.2) is 9.55 Å². The van der Waals surface area contributed by atoms with Gasteiger partial charge in [0.05, 0.1) is 11.0 Å². The van der Waals surface area contributed by atoms with Crippen LogP contribution in [0.5, 0.6) is 0 Å². The quantitative estimate of drug-likeness (QED) is 0.417. The van der Waals surface area contributed by atoms with Crippen molar-refractivity contribution in [3.63, 3.8) is 0 Å². The number of halogens is 1. The van der Waals surface area contributed by atoms with Gasteiger partial charge >= 0.3 is 0 Å². The van der Waals surface area contributed by atoms with Gasteiger partial charge in [-0.15, -0.1) is 12.4 Å². The SMILES string of the molecule is CCCCCCCn1c(/C=C/c2ccccc2)nc2ccccc21.Cl. The molecule has 3 aromatic rings. The predicted molar refractivity (Wildman–Crippen MR) is 111 cm³/mol. The summed E-state index contributed by atoms with van der Waals surface area (Å²) in [6.45, 7) is 3.30. The zero-order valence-corrected chi connectivity index (χ0v) is 15.7. The Kier molecular flexibility index (Phi) is 7.75. The average Bonchev–Trinajstić information content (AvgIpc) is 2.98. The second-order valence-corrected chi connectivity index (χ2v) is 6.27. The molecule has 2 nitrogen and oxygen atoms in total. The van der Waals surface area contributed by atoms with Crippen LogP contribution in [-0.2, 0) is 6.54 Å². The first-order valence-electron chi connectivity index (χ1n) is 9.07. The summed E-state index contributed by atoms with van der Waals surface area (Å²) in [5, 5.41) is 0. The summed E-state index contributed by atoms with van der Waals surface area (Å²) in [6.07, 6.45) is 10.8. The van der Waals surface area contributed by atoms with Gasteiger partial charge in [-0.25, -0.2) is 4.98 Å². The molecule has 1 heterocycles. The molecule has 3 rings (SSSR count). The molecule has 0 saturated heterocycles. The van der Waals surface area contributed by atoms with Crippen LogP contribution in [0, 0.1) is 0 Å². The first-order valence-corrected chi connectivity index (χ1v) is 9.07. The van der Waals surface area contributed by atoms with Crippen LogP contribution in [0.4, 0.5) is 0 Å². The average molecular weight is 355 g/mol. The van der Waals surface area contributed by atoms with Gasteiger partial charge in [0.25, 0.3) is 0 Å². The molecule has 0 unspecified atom stereocenters. The molecule has 0 aliphatic carbocycles. The number of hydrogen-bond donors (Lipinski definition) is 0. The number of nitrogens with zero attached hydrogens (tertiary/aromatic N) is 2. The normalized spacial score (nSPS) is 11.1. The monoisotopic (exact) mass is 354 g/mol. The highest BCUT2D eigenvalue weighted by molar-refractivity contribution is 5.85. The summed E-state index contributed by atoms with van der Waals surface area (Å²) < 4.78 is 2.36. The van der Waals surface area contributed by atoms with E-state index in [0.29, 0.717) is 0 Å². The van der Waals surface area contributed by atoms with Crippen molar-refractivity contribution in [2.45, 2.75) is 45.6 Å². The van der Waals surface area contributed by atoms with E-state index < -0.39 is 0 Å². The van der Waals surface area contributed by atoms with Crippen molar-refractivity contribution in [2.75, 3.05) is 0 Å². The molecule has 0 fully saturated rings. The van der Waals surface area contributed by atoms with Crippen LogP contribution in [0.3, 0.4) is 0 Å². The lowest BCUT2D eigenvalue weighted by Crippen LogP contribution is -2.00. The highest BCUT2D eigenvalue weighted by Gasteiger charge is 2.07. The Morgan fingerprint density at radius 2 is 1.56 bits per heavy atom. The molecule has 0 N–H and O–H groups in total. The molecular formula is C22H27ClN2. The van der Waals surface area contributed by atoms with Gasteiger partial charge in [-0.3, -0.25) is 0 Å². The Morgan fingerprint density at radius 1 is 0.840 bits per heavy atom. The maximum atomic E-state index is 4.82. The largest absolute Gasteiger partial charge is 0.324 e. The lowest BCUT2D eigenvalue weighted by Gasteiger charge is -2.07. The summed E-state index contributed by atoms with van der Waals surface area (Å²) in [7, 11) is 0. The molecule has 1 aromatic heterocycles. The number of aryl methyl sites for hydroxylation is 1. The van der Waals surface area contributed by atoms with Gasteiger partial charge in [0.2, 0.25) is 0 Å². The summed E-state index contributed by atoms with van der Waals surface area (Å²) in [6, 6.07) is 18.9. The molecule has 0 amide bonds. The van der Waals surface area contributed by atoms with Crippen LogP contribution >= 0.6 is 12.4 Å². The third-order valence-corrected chi connectivity index (χ3v) is 4.39.